The Bertz CT molecular complexity index is 1340. The molecule has 1 heterocycles. The van der Waals surface area contributed by atoms with E-state index < -0.39 is 0 Å². The van der Waals surface area contributed by atoms with Crippen LogP contribution in [0.5, 0.6) is 11.5 Å². The van der Waals surface area contributed by atoms with Crippen LogP contribution < -0.4 is 25.8 Å². The van der Waals surface area contributed by atoms with Gasteiger partial charge in [0.1, 0.15) is 11.5 Å². The molecule has 39 heavy (non-hydrogen) atoms. The third-order valence-electron chi connectivity index (χ3n) is 6.66. The van der Waals surface area contributed by atoms with Crippen molar-refractivity contribution in [1.29, 1.82) is 0 Å². The van der Waals surface area contributed by atoms with Crippen molar-refractivity contribution in [2.45, 2.75) is 38.3 Å². The van der Waals surface area contributed by atoms with E-state index in [9.17, 15) is 14.4 Å². The monoisotopic (exact) mass is 528 g/mol. The molecule has 0 aromatic heterocycles. The molecule has 3 amide bonds. The molecule has 9 nitrogen and oxygen atoms in total. The van der Waals surface area contributed by atoms with Crippen LogP contribution in [-0.4, -0.2) is 48.4 Å². The Labute approximate surface area is 227 Å². The molecule has 9 heteroatoms. The maximum absolute atomic E-state index is 13.4. The molecule has 3 aromatic rings. The third-order valence-corrected chi connectivity index (χ3v) is 6.66. The first-order valence-electron chi connectivity index (χ1n) is 13.2. The second kappa shape index (κ2) is 12.0. The summed E-state index contributed by atoms with van der Waals surface area (Å²) in [5.74, 6) is 0.731. The zero-order valence-electron chi connectivity index (χ0n) is 21.7. The third kappa shape index (κ3) is 6.74. The van der Waals surface area contributed by atoms with Crippen LogP contribution >= 0.6 is 0 Å². The minimum absolute atomic E-state index is 0.0632. The van der Waals surface area contributed by atoms with Gasteiger partial charge in [0.25, 0.3) is 17.7 Å². The van der Waals surface area contributed by atoms with E-state index in [1.807, 2.05) is 41.3 Å². The van der Waals surface area contributed by atoms with E-state index in [2.05, 4.69) is 10.6 Å². The van der Waals surface area contributed by atoms with Crippen molar-refractivity contribution in [1.82, 2.24) is 4.90 Å². The fraction of sp³-hybridized carbons (Fsp3) is 0.300. The van der Waals surface area contributed by atoms with E-state index in [1.54, 1.807) is 30.3 Å². The Hall–Kier alpha value is -4.37. The highest BCUT2D eigenvalue weighted by Gasteiger charge is 2.33. The van der Waals surface area contributed by atoms with E-state index in [0.717, 1.165) is 37.0 Å². The summed E-state index contributed by atoms with van der Waals surface area (Å²) in [5, 5.41) is 5.65. The molecular formula is C30H32N4O5. The van der Waals surface area contributed by atoms with Crippen LogP contribution in [0.25, 0.3) is 0 Å². The predicted octanol–water partition coefficient (Wildman–Crippen LogP) is 4.19. The summed E-state index contributed by atoms with van der Waals surface area (Å²) in [5.41, 5.74) is 8.72. The van der Waals surface area contributed by atoms with E-state index in [1.165, 1.54) is 0 Å². The van der Waals surface area contributed by atoms with E-state index in [0.29, 0.717) is 47.9 Å². The molecule has 0 bridgehead atoms. The number of hydrogen-bond acceptors (Lipinski definition) is 6. The van der Waals surface area contributed by atoms with Gasteiger partial charge < -0.3 is 30.7 Å². The fourth-order valence-corrected chi connectivity index (χ4v) is 4.36. The Morgan fingerprint density at radius 2 is 1.74 bits per heavy atom. The number of fused-ring (bicyclic) bond motifs is 1. The number of nitrogens with zero attached hydrogens (tertiary/aromatic N) is 1. The van der Waals surface area contributed by atoms with Gasteiger partial charge in [0.05, 0.1) is 12.3 Å². The lowest BCUT2D eigenvalue weighted by Crippen LogP contribution is -2.33. The van der Waals surface area contributed by atoms with Gasteiger partial charge in [0.2, 0.25) is 0 Å². The van der Waals surface area contributed by atoms with Crippen molar-refractivity contribution < 1.29 is 23.9 Å². The van der Waals surface area contributed by atoms with Crippen LogP contribution in [0.4, 0.5) is 11.4 Å². The maximum atomic E-state index is 13.4. The number of anilines is 2. The Kier molecular flexibility index (Phi) is 8.07. The molecule has 4 N–H and O–H groups in total. The molecule has 1 aliphatic heterocycles. The summed E-state index contributed by atoms with van der Waals surface area (Å²) in [6, 6.07) is 19.8. The van der Waals surface area contributed by atoms with Crippen LogP contribution in [0.1, 0.15) is 52.0 Å². The average Bonchev–Trinajstić information content (AvgIpc) is 3.80. The number of rotatable bonds is 11. The van der Waals surface area contributed by atoms with Gasteiger partial charge >= 0.3 is 0 Å². The number of carbonyl (C=O) groups is 3. The molecule has 0 saturated heterocycles. The highest BCUT2D eigenvalue weighted by molar-refractivity contribution is 6.04. The van der Waals surface area contributed by atoms with Crippen molar-refractivity contribution in [2.75, 3.05) is 30.4 Å². The standard InChI is InChI=1S/C30H32N4O5/c31-15-1-2-16-38-25-12-8-23(9-13-25)32-29(36)21-5-3-20(4-6-21)18-34(24-10-11-24)30(37)22-7-14-26-27(17-22)39-19-28(35)33-26/h3-9,12-14,17,24H,1-2,10-11,15-16,18-19,31H2,(H,32,36)(H,33,35). The second-order valence-corrected chi connectivity index (χ2v) is 9.73. The molecule has 0 spiro atoms. The molecule has 3 aromatic carbocycles. The molecule has 2 aliphatic rings. The lowest BCUT2D eigenvalue weighted by Gasteiger charge is -2.24. The van der Waals surface area contributed by atoms with Gasteiger partial charge in [-0.25, -0.2) is 0 Å². The van der Waals surface area contributed by atoms with Gasteiger partial charge in [-0.1, -0.05) is 12.1 Å². The molecule has 1 fully saturated rings. The van der Waals surface area contributed by atoms with E-state index in [-0.39, 0.29) is 30.4 Å². The van der Waals surface area contributed by atoms with E-state index >= 15 is 0 Å². The first-order chi connectivity index (χ1) is 19.0. The van der Waals surface area contributed by atoms with Crippen LogP contribution in [-0.2, 0) is 11.3 Å². The van der Waals surface area contributed by atoms with Crippen molar-refractivity contribution in [3.8, 4) is 11.5 Å². The van der Waals surface area contributed by atoms with Crippen molar-refractivity contribution in [3.63, 3.8) is 0 Å². The minimum Gasteiger partial charge on any atom is -0.494 e. The topological polar surface area (TPSA) is 123 Å². The van der Waals surface area contributed by atoms with Gasteiger partial charge in [-0.05, 0) is 92.4 Å². The van der Waals surface area contributed by atoms with Crippen LogP contribution in [0, 0.1) is 0 Å². The largest absolute Gasteiger partial charge is 0.494 e. The Morgan fingerprint density at radius 1 is 1.00 bits per heavy atom. The molecule has 1 saturated carbocycles. The molecule has 1 aliphatic carbocycles. The lowest BCUT2D eigenvalue weighted by atomic mass is 10.1. The van der Waals surface area contributed by atoms with Crippen LogP contribution in [0.3, 0.4) is 0 Å². The molecule has 5 rings (SSSR count). The summed E-state index contributed by atoms with van der Waals surface area (Å²) < 4.78 is 11.2. The number of unbranched alkanes of at least 4 members (excludes halogenated alkanes) is 1. The SMILES string of the molecule is NCCCCOc1ccc(NC(=O)c2ccc(CN(C(=O)c3ccc4c(c3)OCC(=O)N4)C3CC3)cc2)cc1. The summed E-state index contributed by atoms with van der Waals surface area (Å²) in [7, 11) is 0. The lowest BCUT2D eigenvalue weighted by molar-refractivity contribution is -0.118. The fourth-order valence-electron chi connectivity index (χ4n) is 4.36. The molecule has 0 unspecified atom stereocenters. The summed E-state index contributed by atoms with van der Waals surface area (Å²) in [6.07, 6.45) is 3.75. The minimum atomic E-state index is -0.213. The number of hydrogen-bond donors (Lipinski definition) is 3. The molecule has 0 atom stereocenters. The van der Waals surface area contributed by atoms with Gasteiger partial charge in [-0.15, -0.1) is 0 Å². The predicted molar refractivity (Wildman–Crippen MR) is 148 cm³/mol. The van der Waals surface area contributed by atoms with Crippen molar-refractivity contribution >= 4 is 29.1 Å². The zero-order chi connectivity index (χ0) is 27.2. The number of carbonyl (C=O) groups excluding carboxylic acids is 3. The first-order valence-corrected chi connectivity index (χ1v) is 13.2. The van der Waals surface area contributed by atoms with Gasteiger partial charge in [0.15, 0.2) is 6.61 Å². The molecule has 202 valence electrons. The normalized spacial score (nSPS) is 14.0. The van der Waals surface area contributed by atoms with Crippen molar-refractivity contribution in [2.24, 2.45) is 5.73 Å². The summed E-state index contributed by atoms with van der Waals surface area (Å²) in [4.78, 5) is 39.5. The Balaban J connectivity index is 1.18. The summed E-state index contributed by atoms with van der Waals surface area (Å²) >= 11 is 0. The highest BCUT2D eigenvalue weighted by atomic mass is 16.5. The van der Waals surface area contributed by atoms with E-state index in [4.69, 9.17) is 15.2 Å². The number of amides is 3. The van der Waals surface area contributed by atoms with Crippen LogP contribution in [0.2, 0.25) is 0 Å². The average molecular weight is 529 g/mol. The smallest absolute Gasteiger partial charge is 0.262 e. The zero-order valence-corrected chi connectivity index (χ0v) is 21.7. The van der Waals surface area contributed by atoms with Gasteiger partial charge in [-0.3, -0.25) is 14.4 Å². The van der Waals surface area contributed by atoms with Gasteiger partial charge in [-0.2, -0.15) is 0 Å². The van der Waals surface area contributed by atoms with Crippen molar-refractivity contribution in [3.05, 3.63) is 83.4 Å². The number of ether oxygens (including phenoxy) is 2. The first kappa shape index (κ1) is 26.2. The Morgan fingerprint density at radius 3 is 2.46 bits per heavy atom. The second-order valence-electron chi connectivity index (χ2n) is 9.73. The van der Waals surface area contributed by atoms with Gasteiger partial charge in [0, 0.05) is 29.4 Å². The quantitative estimate of drug-likeness (QED) is 0.321. The summed E-state index contributed by atoms with van der Waals surface area (Å²) in [6.45, 7) is 1.64. The number of nitrogens with one attached hydrogen (secondary N) is 2. The maximum Gasteiger partial charge on any atom is 0.262 e. The highest BCUT2D eigenvalue weighted by Crippen LogP contribution is 2.33. The number of benzene rings is 3. The molecular weight excluding hydrogens is 496 g/mol. The van der Waals surface area contributed by atoms with Crippen LogP contribution in [0.15, 0.2) is 66.7 Å². The number of nitrogens with two attached hydrogens (primary N) is 1. The molecule has 0 radical (unpaired) electrons.